The lowest BCUT2D eigenvalue weighted by atomic mass is 9.77. The van der Waals surface area contributed by atoms with E-state index in [-0.39, 0.29) is 5.54 Å². The van der Waals surface area contributed by atoms with Crippen LogP contribution < -0.4 is 5.73 Å². The highest BCUT2D eigenvalue weighted by atomic mass is 16.5. The van der Waals surface area contributed by atoms with E-state index >= 15 is 0 Å². The summed E-state index contributed by atoms with van der Waals surface area (Å²) in [6, 6.07) is 10.6. The minimum Gasteiger partial charge on any atom is -0.339 e. The Hall–Kier alpha value is -1.72. The second-order valence-electron chi connectivity index (χ2n) is 7.00. The first-order chi connectivity index (χ1) is 11.2. The van der Waals surface area contributed by atoms with E-state index in [2.05, 4.69) is 45.4 Å². The quantitative estimate of drug-likeness (QED) is 0.940. The number of nitrogens with two attached hydrogens (primary N) is 1. The van der Waals surface area contributed by atoms with E-state index in [1.165, 1.54) is 5.56 Å². The number of nitrogens with zero attached hydrogens (tertiary/aromatic N) is 3. The van der Waals surface area contributed by atoms with Crippen LogP contribution in [0, 0.1) is 0 Å². The van der Waals surface area contributed by atoms with Crippen molar-refractivity contribution in [2.45, 2.75) is 50.1 Å². The van der Waals surface area contributed by atoms with Gasteiger partial charge in [0.15, 0.2) is 5.82 Å². The minimum atomic E-state index is -0.324. The van der Waals surface area contributed by atoms with E-state index in [0.717, 1.165) is 57.6 Å². The van der Waals surface area contributed by atoms with E-state index in [1.807, 2.05) is 0 Å². The van der Waals surface area contributed by atoms with Crippen molar-refractivity contribution in [3.8, 4) is 0 Å². The number of likely N-dealkylation sites (tertiary alicyclic amines) is 1. The molecule has 1 aliphatic carbocycles. The van der Waals surface area contributed by atoms with Crippen LogP contribution in [0.3, 0.4) is 0 Å². The maximum atomic E-state index is 6.28. The summed E-state index contributed by atoms with van der Waals surface area (Å²) in [7, 11) is 0. The summed E-state index contributed by atoms with van der Waals surface area (Å²) in [5.41, 5.74) is 7.33. The zero-order valence-corrected chi connectivity index (χ0v) is 13.4. The fourth-order valence-corrected chi connectivity index (χ4v) is 3.56. The zero-order chi connectivity index (χ0) is 15.7. The first-order valence-corrected chi connectivity index (χ1v) is 8.62. The average molecular weight is 312 g/mol. The van der Waals surface area contributed by atoms with E-state index in [9.17, 15) is 0 Å². The summed E-state index contributed by atoms with van der Waals surface area (Å²) < 4.78 is 5.52. The largest absolute Gasteiger partial charge is 0.339 e. The summed E-state index contributed by atoms with van der Waals surface area (Å²) in [6.45, 7) is 3.17. The van der Waals surface area contributed by atoms with Gasteiger partial charge in [-0.05, 0) is 50.8 Å². The van der Waals surface area contributed by atoms with E-state index in [1.54, 1.807) is 0 Å². The molecule has 1 saturated heterocycles. The molecule has 2 heterocycles. The van der Waals surface area contributed by atoms with Gasteiger partial charge in [0.1, 0.15) is 0 Å². The van der Waals surface area contributed by atoms with Gasteiger partial charge in [-0.2, -0.15) is 4.98 Å². The van der Waals surface area contributed by atoms with Crippen LogP contribution in [-0.2, 0) is 12.1 Å². The highest BCUT2D eigenvalue weighted by molar-refractivity contribution is 5.15. The third-order valence-corrected chi connectivity index (χ3v) is 5.32. The Morgan fingerprint density at radius 3 is 2.57 bits per heavy atom. The van der Waals surface area contributed by atoms with Gasteiger partial charge in [-0.15, -0.1) is 0 Å². The highest BCUT2D eigenvalue weighted by Gasteiger charge is 2.39. The van der Waals surface area contributed by atoms with Gasteiger partial charge in [0, 0.05) is 12.5 Å². The predicted octanol–water partition coefficient (Wildman–Crippen LogP) is 2.79. The number of rotatable bonds is 4. The maximum Gasteiger partial charge on any atom is 0.229 e. The fourth-order valence-electron chi connectivity index (χ4n) is 3.56. The molecule has 0 unspecified atom stereocenters. The number of hydrogen-bond acceptors (Lipinski definition) is 5. The second kappa shape index (κ2) is 6.06. The van der Waals surface area contributed by atoms with Gasteiger partial charge in [-0.3, -0.25) is 4.90 Å². The van der Waals surface area contributed by atoms with Crippen molar-refractivity contribution < 1.29 is 4.52 Å². The number of hydrogen-bond donors (Lipinski definition) is 1. The van der Waals surface area contributed by atoms with Crippen molar-refractivity contribution in [3.05, 3.63) is 47.6 Å². The van der Waals surface area contributed by atoms with E-state index < -0.39 is 0 Å². The van der Waals surface area contributed by atoms with Crippen molar-refractivity contribution >= 4 is 0 Å². The molecular weight excluding hydrogens is 288 g/mol. The predicted molar refractivity (Wildman–Crippen MR) is 87.7 cm³/mol. The molecule has 23 heavy (non-hydrogen) atoms. The Labute approximate surface area is 136 Å². The van der Waals surface area contributed by atoms with Crippen LogP contribution in [0.1, 0.15) is 55.3 Å². The van der Waals surface area contributed by atoms with Crippen molar-refractivity contribution in [2.75, 3.05) is 13.1 Å². The fraction of sp³-hybridized carbons (Fsp3) is 0.556. The Balaban J connectivity index is 1.34. The molecule has 1 aliphatic heterocycles. The summed E-state index contributed by atoms with van der Waals surface area (Å²) in [5.74, 6) is 1.88. The van der Waals surface area contributed by atoms with E-state index in [0.29, 0.717) is 11.7 Å². The Morgan fingerprint density at radius 1 is 1.17 bits per heavy atom. The molecule has 5 nitrogen and oxygen atoms in total. The number of benzene rings is 1. The second-order valence-corrected chi connectivity index (χ2v) is 7.00. The smallest absolute Gasteiger partial charge is 0.229 e. The molecule has 4 rings (SSSR count). The molecule has 1 aromatic carbocycles. The normalized spacial score (nSPS) is 22.0. The average Bonchev–Trinajstić information content (AvgIpc) is 3.05. The van der Waals surface area contributed by atoms with Crippen LogP contribution in [0.2, 0.25) is 0 Å². The molecule has 2 N–H and O–H groups in total. The molecule has 0 amide bonds. The molecule has 1 aromatic heterocycles. The maximum absolute atomic E-state index is 6.28. The van der Waals surface area contributed by atoms with Crippen molar-refractivity contribution in [1.29, 1.82) is 0 Å². The van der Waals surface area contributed by atoms with Gasteiger partial charge in [-0.1, -0.05) is 35.5 Å². The van der Waals surface area contributed by atoms with Crippen molar-refractivity contribution in [3.63, 3.8) is 0 Å². The molecule has 122 valence electrons. The topological polar surface area (TPSA) is 68.2 Å². The lowest BCUT2D eigenvalue weighted by molar-refractivity contribution is 0.187. The van der Waals surface area contributed by atoms with Gasteiger partial charge >= 0.3 is 0 Å². The van der Waals surface area contributed by atoms with Crippen LogP contribution in [0.4, 0.5) is 0 Å². The number of piperidine rings is 1. The Kier molecular flexibility index (Phi) is 3.91. The van der Waals surface area contributed by atoms with Crippen LogP contribution in [0.15, 0.2) is 34.9 Å². The van der Waals surface area contributed by atoms with Crippen LogP contribution >= 0.6 is 0 Å². The first kappa shape index (κ1) is 14.8. The van der Waals surface area contributed by atoms with Gasteiger partial charge in [0.25, 0.3) is 0 Å². The van der Waals surface area contributed by atoms with E-state index in [4.69, 9.17) is 10.3 Å². The molecule has 2 aromatic rings. The molecule has 2 fully saturated rings. The summed E-state index contributed by atoms with van der Waals surface area (Å²) in [4.78, 5) is 7.11. The highest BCUT2D eigenvalue weighted by Crippen LogP contribution is 2.38. The summed E-state index contributed by atoms with van der Waals surface area (Å²) in [6.07, 6.45) is 5.26. The Morgan fingerprint density at radius 2 is 1.91 bits per heavy atom. The zero-order valence-electron chi connectivity index (χ0n) is 13.4. The molecule has 0 spiro atoms. The monoisotopic (exact) mass is 312 g/mol. The van der Waals surface area contributed by atoms with Gasteiger partial charge in [0.05, 0.1) is 5.54 Å². The van der Waals surface area contributed by atoms with Gasteiger partial charge < -0.3 is 10.3 Å². The van der Waals surface area contributed by atoms with Crippen LogP contribution in [-0.4, -0.2) is 28.1 Å². The van der Waals surface area contributed by atoms with Crippen molar-refractivity contribution in [2.24, 2.45) is 5.73 Å². The minimum absolute atomic E-state index is 0.324. The molecular formula is C18H24N4O. The molecule has 5 heteroatoms. The summed E-state index contributed by atoms with van der Waals surface area (Å²) in [5, 5.41) is 4.15. The third kappa shape index (κ3) is 3.03. The molecule has 0 bridgehead atoms. The molecule has 2 aliphatic rings. The van der Waals surface area contributed by atoms with Gasteiger partial charge in [-0.25, -0.2) is 0 Å². The summed E-state index contributed by atoms with van der Waals surface area (Å²) >= 11 is 0. The van der Waals surface area contributed by atoms with Crippen molar-refractivity contribution in [1.82, 2.24) is 15.0 Å². The lowest BCUT2D eigenvalue weighted by Crippen LogP contribution is -2.44. The molecule has 0 radical (unpaired) electrons. The standard InChI is InChI=1S/C18H24N4O/c19-18(9-4-10-18)17-20-16(23-21-17)15-7-11-22(12-8-15)13-14-5-2-1-3-6-14/h1-3,5-6,15H,4,7-13,19H2. The molecule has 0 atom stereocenters. The van der Waals surface area contributed by atoms with Gasteiger partial charge in [0.2, 0.25) is 5.89 Å². The lowest BCUT2D eigenvalue weighted by Gasteiger charge is -2.34. The third-order valence-electron chi connectivity index (χ3n) is 5.32. The van der Waals surface area contributed by atoms with Crippen LogP contribution in [0.25, 0.3) is 0 Å². The SMILES string of the molecule is NC1(c2noc(C3CCN(Cc4ccccc4)CC3)n2)CCC1. The first-order valence-electron chi connectivity index (χ1n) is 8.62. The van der Waals surface area contributed by atoms with Crippen LogP contribution in [0.5, 0.6) is 0 Å². The Bertz CT molecular complexity index is 642. The molecule has 1 saturated carbocycles. The number of aromatic nitrogens is 2.